The number of ketones is 1. The van der Waals surface area contributed by atoms with E-state index in [2.05, 4.69) is 60.7 Å². The first-order chi connectivity index (χ1) is 15.8. The second kappa shape index (κ2) is 7.57. The van der Waals surface area contributed by atoms with Crippen molar-refractivity contribution in [1.82, 2.24) is 0 Å². The number of benzene rings is 2. The average molecular weight is 425 g/mol. The first-order valence-corrected chi connectivity index (χ1v) is 13.5. The zero-order valence-corrected chi connectivity index (χ0v) is 19.1. The van der Waals surface area contributed by atoms with E-state index in [1.165, 1.54) is 62.5 Å². The van der Waals surface area contributed by atoms with Crippen LogP contribution in [0.3, 0.4) is 0 Å². The molecule has 5 fully saturated rings. The summed E-state index contributed by atoms with van der Waals surface area (Å²) in [7, 11) is 0. The van der Waals surface area contributed by atoms with Crippen molar-refractivity contribution < 1.29 is 4.79 Å². The standard InChI is InChI=1S/C31H36O/c32-31-26(19-10-3-1-4-11-19)29-24-17-9-15-22-18-21-14-7-8-16-23(21)28(25(22)24)30(29)27(31)20-12-5-2-6-13-20/h1-6,10-13,21-30H,7-9,14-18H2. The predicted octanol–water partition coefficient (Wildman–Crippen LogP) is 7.24. The molecule has 0 radical (unpaired) electrons. The van der Waals surface area contributed by atoms with Crippen molar-refractivity contribution in [3.8, 4) is 0 Å². The molecule has 1 heteroatoms. The molecule has 0 aromatic heterocycles. The van der Waals surface area contributed by atoms with E-state index in [9.17, 15) is 4.79 Å². The van der Waals surface area contributed by atoms with Gasteiger partial charge in [0.25, 0.3) is 0 Å². The van der Waals surface area contributed by atoms with Gasteiger partial charge < -0.3 is 0 Å². The highest BCUT2D eigenvalue weighted by Gasteiger charge is 2.67. The van der Waals surface area contributed by atoms with E-state index in [4.69, 9.17) is 0 Å². The quantitative estimate of drug-likeness (QED) is 0.496. The van der Waals surface area contributed by atoms with Crippen molar-refractivity contribution in [2.75, 3.05) is 0 Å². The largest absolute Gasteiger partial charge is 0.298 e. The summed E-state index contributed by atoms with van der Waals surface area (Å²) in [5, 5.41) is 0. The highest BCUT2D eigenvalue weighted by molar-refractivity contribution is 5.95. The molecule has 2 aromatic carbocycles. The van der Waals surface area contributed by atoms with Gasteiger partial charge in [0.05, 0.1) is 0 Å². The maximum Gasteiger partial charge on any atom is 0.148 e. The van der Waals surface area contributed by atoms with Crippen LogP contribution in [0.4, 0.5) is 0 Å². The highest BCUT2D eigenvalue weighted by atomic mass is 16.1. The summed E-state index contributed by atoms with van der Waals surface area (Å²) in [6.07, 6.45) is 11.5. The molecule has 7 rings (SSSR count). The number of Topliss-reactive ketones (excluding diaryl/α,β-unsaturated/α-hetero) is 1. The lowest BCUT2D eigenvalue weighted by Crippen LogP contribution is -2.45. The molecular weight excluding hydrogens is 388 g/mol. The van der Waals surface area contributed by atoms with E-state index in [1.54, 1.807) is 0 Å². The molecule has 2 aromatic rings. The molecule has 0 aliphatic heterocycles. The SMILES string of the molecule is O=C1C(c2ccccc2)C2C3CCCC4CC5CCCCC5C(C43)C2C1c1ccccc1. The Morgan fingerprint density at radius 2 is 1.12 bits per heavy atom. The van der Waals surface area contributed by atoms with Crippen molar-refractivity contribution >= 4 is 5.78 Å². The Labute approximate surface area is 193 Å². The Bertz CT molecular complexity index is 980. The van der Waals surface area contributed by atoms with E-state index in [1.807, 2.05) is 0 Å². The molecule has 5 aliphatic rings. The van der Waals surface area contributed by atoms with Crippen molar-refractivity contribution in [1.29, 1.82) is 0 Å². The molecule has 0 spiro atoms. The molecule has 1 nitrogen and oxygen atoms in total. The second-order valence-corrected chi connectivity index (χ2v) is 11.8. The Balaban J connectivity index is 1.40. The van der Waals surface area contributed by atoms with Crippen molar-refractivity contribution in [3.63, 3.8) is 0 Å². The van der Waals surface area contributed by atoms with Gasteiger partial charge in [-0.25, -0.2) is 0 Å². The Morgan fingerprint density at radius 1 is 0.531 bits per heavy atom. The molecule has 0 heterocycles. The van der Waals surface area contributed by atoms with Crippen LogP contribution in [0.15, 0.2) is 60.7 Å². The van der Waals surface area contributed by atoms with E-state index >= 15 is 0 Å². The molecule has 0 saturated heterocycles. The lowest BCUT2D eigenvalue weighted by Gasteiger charge is -2.52. The van der Waals surface area contributed by atoms with Gasteiger partial charge in [-0.05, 0) is 77.7 Å². The van der Waals surface area contributed by atoms with Gasteiger partial charge in [0.2, 0.25) is 0 Å². The molecule has 10 unspecified atom stereocenters. The third kappa shape index (κ3) is 2.72. The van der Waals surface area contributed by atoms with Crippen molar-refractivity contribution in [2.24, 2.45) is 47.3 Å². The lowest BCUT2D eigenvalue weighted by atomic mass is 9.53. The maximum absolute atomic E-state index is 14.3. The van der Waals surface area contributed by atoms with Crippen LogP contribution in [0.1, 0.15) is 74.3 Å². The van der Waals surface area contributed by atoms with Gasteiger partial charge in [-0.15, -0.1) is 0 Å². The highest BCUT2D eigenvalue weighted by Crippen LogP contribution is 2.71. The molecule has 32 heavy (non-hydrogen) atoms. The normalized spacial score (nSPS) is 44.6. The van der Waals surface area contributed by atoms with Gasteiger partial charge in [0, 0.05) is 11.8 Å². The van der Waals surface area contributed by atoms with Crippen molar-refractivity contribution in [2.45, 2.75) is 63.2 Å². The van der Waals surface area contributed by atoms with Crippen molar-refractivity contribution in [3.05, 3.63) is 71.8 Å². The lowest BCUT2D eigenvalue weighted by molar-refractivity contribution is -0.122. The summed E-state index contributed by atoms with van der Waals surface area (Å²) < 4.78 is 0. The Hall–Kier alpha value is -1.89. The van der Waals surface area contributed by atoms with Crippen LogP contribution in [-0.4, -0.2) is 5.78 Å². The first kappa shape index (κ1) is 19.6. The van der Waals surface area contributed by atoms with Gasteiger partial charge in [0.15, 0.2) is 0 Å². The smallest absolute Gasteiger partial charge is 0.148 e. The molecule has 0 N–H and O–H groups in total. The van der Waals surface area contributed by atoms with Crippen LogP contribution in [0.25, 0.3) is 0 Å². The number of rotatable bonds is 2. The zero-order chi connectivity index (χ0) is 21.2. The molecule has 0 bridgehead atoms. The van der Waals surface area contributed by atoms with Crippen LogP contribution in [0.2, 0.25) is 0 Å². The number of carbonyl (C=O) groups excluding carboxylic acids is 1. The summed E-state index contributed by atoms with van der Waals surface area (Å²) in [5.41, 5.74) is 2.60. The van der Waals surface area contributed by atoms with Gasteiger partial charge in [0.1, 0.15) is 5.78 Å². The van der Waals surface area contributed by atoms with Gasteiger partial charge in [-0.1, -0.05) is 92.8 Å². The Kier molecular flexibility index (Phi) is 4.63. The summed E-state index contributed by atoms with van der Waals surface area (Å²) >= 11 is 0. The van der Waals surface area contributed by atoms with Gasteiger partial charge in [-0.3, -0.25) is 4.79 Å². The Morgan fingerprint density at radius 3 is 1.84 bits per heavy atom. The topological polar surface area (TPSA) is 17.1 Å². The third-order valence-corrected chi connectivity index (χ3v) is 10.7. The number of fused-ring (bicyclic) bond motifs is 5. The fourth-order valence-corrected chi connectivity index (χ4v) is 10.0. The monoisotopic (exact) mass is 424 g/mol. The predicted molar refractivity (Wildman–Crippen MR) is 128 cm³/mol. The fraction of sp³-hybridized carbons (Fsp3) is 0.581. The van der Waals surface area contributed by atoms with E-state index < -0.39 is 0 Å². The maximum atomic E-state index is 14.3. The molecule has 5 aliphatic carbocycles. The van der Waals surface area contributed by atoms with E-state index in [-0.39, 0.29) is 11.8 Å². The van der Waals surface area contributed by atoms with Crippen LogP contribution in [-0.2, 0) is 4.79 Å². The third-order valence-electron chi connectivity index (χ3n) is 10.7. The fourth-order valence-electron chi connectivity index (χ4n) is 10.0. The minimum Gasteiger partial charge on any atom is -0.298 e. The van der Waals surface area contributed by atoms with Crippen LogP contribution >= 0.6 is 0 Å². The van der Waals surface area contributed by atoms with Crippen LogP contribution in [0, 0.1) is 47.3 Å². The molecule has 10 atom stereocenters. The second-order valence-electron chi connectivity index (χ2n) is 11.8. The first-order valence-electron chi connectivity index (χ1n) is 13.5. The number of hydrogen-bond donors (Lipinski definition) is 0. The zero-order valence-electron chi connectivity index (χ0n) is 19.1. The molecule has 5 saturated carbocycles. The molecule has 166 valence electrons. The summed E-state index contributed by atoms with van der Waals surface area (Å²) in [6.45, 7) is 0. The summed E-state index contributed by atoms with van der Waals surface area (Å²) in [4.78, 5) is 14.3. The summed E-state index contributed by atoms with van der Waals surface area (Å²) in [5.74, 6) is 7.11. The average Bonchev–Trinajstić information content (AvgIpc) is 3.33. The van der Waals surface area contributed by atoms with Gasteiger partial charge >= 0.3 is 0 Å². The number of carbonyl (C=O) groups is 1. The minimum atomic E-state index is 0.114. The minimum absolute atomic E-state index is 0.114. The van der Waals surface area contributed by atoms with E-state index in [0.29, 0.717) is 17.6 Å². The summed E-state index contributed by atoms with van der Waals surface area (Å²) in [6, 6.07) is 21.8. The molecular formula is C31H36O. The van der Waals surface area contributed by atoms with Crippen LogP contribution < -0.4 is 0 Å². The van der Waals surface area contributed by atoms with Crippen LogP contribution in [0.5, 0.6) is 0 Å². The number of hydrogen-bond acceptors (Lipinski definition) is 1. The van der Waals surface area contributed by atoms with Gasteiger partial charge in [-0.2, -0.15) is 0 Å². The van der Waals surface area contributed by atoms with E-state index in [0.717, 1.165) is 35.5 Å². The molecule has 0 amide bonds.